The number of ketones is 1. The van der Waals surface area contributed by atoms with Gasteiger partial charge in [-0.05, 0) is 61.7 Å². The van der Waals surface area contributed by atoms with Gasteiger partial charge in [0, 0.05) is 42.6 Å². The predicted octanol–water partition coefficient (Wildman–Crippen LogP) is 4.97. The number of amides is 1. The molecule has 3 aromatic carbocycles. The Labute approximate surface area is 393 Å². The number of nitrogens with one attached hydrogen (secondary N) is 1. The minimum atomic E-state index is -2.25. The molecule has 13 atom stereocenters. The molecule has 3 aromatic rings. The smallest absolute Gasteiger partial charge is 0.455 e. The van der Waals surface area contributed by atoms with Crippen molar-refractivity contribution in [2.45, 2.75) is 115 Å². The van der Waals surface area contributed by atoms with E-state index < -0.39 is 126 Å². The second-order valence-electron chi connectivity index (χ2n) is 18.9. The molecular weight excluding hydrogens is 883 g/mol. The van der Waals surface area contributed by atoms with Gasteiger partial charge in [-0.15, -0.1) is 0 Å². The van der Waals surface area contributed by atoms with Crippen LogP contribution in [0.1, 0.15) is 86.7 Å². The summed E-state index contributed by atoms with van der Waals surface area (Å²) in [5, 5.41) is 28.6. The maximum Gasteiger partial charge on any atom is 0.509 e. The normalized spacial score (nSPS) is 32.3. The second-order valence-corrected chi connectivity index (χ2v) is 18.9. The van der Waals surface area contributed by atoms with E-state index in [0.29, 0.717) is 5.56 Å². The summed E-state index contributed by atoms with van der Waals surface area (Å²) in [4.78, 5) is 85.4. The Hall–Kier alpha value is -5.98. The van der Waals surface area contributed by atoms with Crippen LogP contribution in [0.5, 0.6) is 0 Å². The fourth-order valence-electron chi connectivity index (χ4n) is 10.8. The number of fused-ring (bicyclic) bond motifs is 5. The van der Waals surface area contributed by atoms with Gasteiger partial charge in [-0.3, -0.25) is 14.4 Å². The number of hydrogen-bond donors (Lipinski definition) is 3. The molecule has 3 N–H and O–H groups in total. The molecule has 0 radical (unpaired) electrons. The zero-order chi connectivity index (χ0) is 48.7. The lowest BCUT2D eigenvalue weighted by molar-refractivity contribution is -0.277. The third kappa shape index (κ3) is 8.93. The monoisotopic (exact) mass is 939 g/mol. The van der Waals surface area contributed by atoms with Crippen LogP contribution in [0.25, 0.3) is 0 Å². The Morgan fingerprint density at radius 2 is 1.49 bits per heavy atom. The van der Waals surface area contributed by atoms with Crippen LogP contribution in [0.3, 0.4) is 0 Å². The van der Waals surface area contributed by atoms with Crippen LogP contribution < -0.4 is 5.32 Å². The van der Waals surface area contributed by atoms with E-state index in [-0.39, 0.29) is 48.5 Å². The first-order chi connectivity index (χ1) is 32.3. The van der Waals surface area contributed by atoms with Crippen molar-refractivity contribution < 1.29 is 76.9 Å². The molecule has 68 heavy (non-hydrogen) atoms. The van der Waals surface area contributed by atoms with Gasteiger partial charge < -0.3 is 53.4 Å². The molecule has 0 spiro atoms. The van der Waals surface area contributed by atoms with Gasteiger partial charge in [0.25, 0.3) is 5.91 Å². The maximum atomic E-state index is 15.4. The average molecular weight is 940 g/mol. The highest BCUT2D eigenvalue weighted by atomic mass is 16.8. The standard InChI is InChI=1S/C51H57NO16/c1-27-36(66-47(58)42(67-48(59)63-25-33-24-61-29(3)65-33)40(30-16-10-7-11-17-30)52-45(56)31-18-12-8-13-19-31)23-51(60)44(68-46(57)32-20-14-9-15-21-32)39-34-26-62-35(34)22-37(54)50(39,6)43(55)41(64-28(2)53)38(27)49(51,4)5/h7-21,29,33-37,39-42,44,54,60H,22-26H2,1-6H3,(H,52,56)/t29?,33?,34-,35+,36+,37+,39-,40+,41-,42+,44+,50-,51-/m1/s1. The summed E-state index contributed by atoms with van der Waals surface area (Å²) >= 11 is 0. The van der Waals surface area contributed by atoms with Gasteiger partial charge in [-0.2, -0.15) is 0 Å². The van der Waals surface area contributed by atoms with Crippen LogP contribution >= 0.6 is 0 Å². The topological polar surface area (TPSA) is 229 Å². The molecule has 2 unspecified atom stereocenters. The number of rotatable bonds is 12. The lowest BCUT2D eigenvalue weighted by Crippen LogP contribution is -2.75. The number of hydrogen-bond acceptors (Lipinski definition) is 16. The molecule has 0 aromatic heterocycles. The molecule has 1 amide bonds. The van der Waals surface area contributed by atoms with E-state index in [1.54, 1.807) is 107 Å². The zero-order valence-corrected chi connectivity index (χ0v) is 38.7. The SMILES string of the molecule is CC(=O)O[C@H]1C(=O)[C@@]2(C)[C@H]([C@@H]3CO[C@H]3C[C@@H]2O)[C@H](OC(=O)c2ccccc2)[C@]2(O)C[C@H](OC(=O)[C@@H](OC(=O)OCC3COC(C)O3)[C@@H](NC(=O)c3ccccc3)c3ccccc3)C(C)=C1C2(C)C. The van der Waals surface area contributed by atoms with Crippen LogP contribution in [-0.4, -0.2) is 120 Å². The van der Waals surface area contributed by atoms with E-state index in [1.165, 1.54) is 19.1 Å². The fourth-order valence-corrected chi connectivity index (χ4v) is 10.8. The van der Waals surface area contributed by atoms with E-state index in [1.807, 2.05) is 0 Å². The van der Waals surface area contributed by atoms with Crippen molar-refractivity contribution in [1.82, 2.24) is 5.32 Å². The van der Waals surface area contributed by atoms with Crippen LogP contribution in [0.2, 0.25) is 0 Å². The summed E-state index contributed by atoms with van der Waals surface area (Å²) in [6.07, 6.45) is -11.7. The molecule has 5 aliphatic rings. The highest BCUT2D eigenvalue weighted by Gasteiger charge is 2.73. The van der Waals surface area contributed by atoms with Crippen molar-refractivity contribution in [1.29, 1.82) is 0 Å². The summed E-state index contributed by atoms with van der Waals surface area (Å²) in [5.74, 6) is -5.88. The molecular formula is C51H57NO16. The van der Waals surface area contributed by atoms with Gasteiger partial charge in [0.15, 0.2) is 18.2 Å². The molecule has 2 bridgehead atoms. The predicted molar refractivity (Wildman–Crippen MR) is 237 cm³/mol. The van der Waals surface area contributed by atoms with E-state index in [0.717, 1.165) is 6.92 Å². The van der Waals surface area contributed by atoms with Gasteiger partial charge in [0.2, 0.25) is 6.10 Å². The number of carbonyl (C=O) groups excluding carboxylic acids is 6. The third-order valence-corrected chi connectivity index (χ3v) is 14.6. The number of Topliss-reactive ketones (excluding diaryl/α,β-unsaturated/α-hetero) is 1. The van der Waals surface area contributed by atoms with Crippen LogP contribution in [-0.2, 0) is 52.3 Å². The Bertz CT molecular complexity index is 2430. The lowest BCUT2D eigenvalue weighted by atomic mass is 9.46. The molecule has 2 heterocycles. The first-order valence-electron chi connectivity index (χ1n) is 22.8. The molecule has 2 saturated heterocycles. The van der Waals surface area contributed by atoms with Crippen molar-refractivity contribution in [2.24, 2.45) is 22.7 Å². The minimum absolute atomic E-state index is 0.0451. The highest BCUT2D eigenvalue weighted by molar-refractivity contribution is 5.96. The first kappa shape index (κ1) is 48.5. The van der Waals surface area contributed by atoms with Crippen LogP contribution in [0.15, 0.2) is 102 Å². The molecule has 17 heteroatoms. The zero-order valence-electron chi connectivity index (χ0n) is 38.7. The largest absolute Gasteiger partial charge is 0.509 e. The average Bonchev–Trinajstić information content (AvgIpc) is 3.74. The Morgan fingerprint density at radius 1 is 0.853 bits per heavy atom. The van der Waals surface area contributed by atoms with Gasteiger partial charge in [-0.1, -0.05) is 80.6 Å². The summed E-state index contributed by atoms with van der Waals surface area (Å²) < 4.78 is 46.9. The quantitative estimate of drug-likeness (QED) is 0.124. The van der Waals surface area contributed by atoms with Crippen molar-refractivity contribution in [3.63, 3.8) is 0 Å². The van der Waals surface area contributed by atoms with Crippen molar-refractivity contribution in [3.05, 3.63) is 119 Å². The van der Waals surface area contributed by atoms with Crippen molar-refractivity contribution in [3.8, 4) is 0 Å². The van der Waals surface area contributed by atoms with Gasteiger partial charge in [-0.25, -0.2) is 14.4 Å². The minimum Gasteiger partial charge on any atom is -0.455 e. The highest BCUT2D eigenvalue weighted by Crippen LogP contribution is 2.62. The molecule has 362 valence electrons. The Kier molecular flexibility index (Phi) is 13.7. The summed E-state index contributed by atoms with van der Waals surface area (Å²) in [5.41, 5.74) is -4.68. The number of aliphatic hydroxyl groups is 2. The van der Waals surface area contributed by atoms with Gasteiger partial charge in [0.05, 0.1) is 36.4 Å². The number of ether oxygens (including phenoxy) is 8. The lowest BCUT2D eigenvalue weighted by Gasteiger charge is -2.64. The van der Waals surface area contributed by atoms with Crippen molar-refractivity contribution in [2.75, 3.05) is 19.8 Å². The van der Waals surface area contributed by atoms with E-state index in [4.69, 9.17) is 37.9 Å². The first-order valence-corrected chi connectivity index (χ1v) is 22.8. The Balaban J connectivity index is 1.24. The summed E-state index contributed by atoms with van der Waals surface area (Å²) in [7, 11) is 0. The van der Waals surface area contributed by atoms with Crippen LogP contribution in [0.4, 0.5) is 4.79 Å². The van der Waals surface area contributed by atoms with E-state index in [9.17, 15) is 29.4 Å². The third-order valence-electron chi connectivity index (χ3n) is 14.6. The maximum absolute atomic E-state index is 15.4. The molecule has 17 nitrogen and oxygen atoms in total. The number of aliphatic hydroxyl groups excluding tert-OH is 1. The fraction of sp³-hybridized carbons (Fsp3) is 0.490. The number of esters is 3. The van der Waals surface area contributed by atoms with Gasteiger partial charge >= 0.3 is 24.1 Å². The summed E-state index contributed by atoms with van der Waals surface area (Å²) in [6, 6.07) is 23.1. The Morgan fingerprint density at radius 3 is 2.07 bits per heavy atom. The van der Waals surface area contributed by atoms with E-state index in [2.05, 4.69) is 5.32 Å². The molecule has 2 aliphatic heterocycles. The number of benzene rings is 3. The van der Waals surface area contributed by atoms with Crippen LogP contribution in [0, 0.1) is 22.7 Å². The molecule has 4 fully saturated rings. The molecule has 3 aliphatic carbocycles. The van der Waals surface area contributed by atoms with Crippen molar-refractivity contribution >= 4 is 35.8 Å². The molecule has 8 rings (SSSR count). The van der Waals surface area contributed by atoms with E-state index >= 15 is 9.59 Å². The summed E-state index contributed by atoms with van der Waals surface area (Å²) in [6.45, 7) is 9.06. The van der Waals surface area contributed by atoms with Gasteiger partial charge in [0.1, 0.15) is 36.6 Å². The number of carbonyl (C=O) groups is 6. The second kappa shape index (κ2) is 19.2. The molecule has 2 saturated carbocycles.